The van der Waals surface area contributed by atoms with Crippen LogP contribution in [0.15, 0.2) is 29.3 Å². The summed E-state index contributed by atoms with van der Waals surface area (Å²) in [6.07, 6.45) is 3.33. The topological polar surface area (TPSA) is 80.0 Å². The summed E-state index contributed by atoms with van der Waals surface area (Å²) in [5.41, 5.74) is 5.35. The molecule has 6 nitrogen and oxygen atoms in total. The number of piperidine rings is 1. The van der Waals surface area contributed by atoms with Crippen molar-refractivity contribution in [1.82, 2.24) is 10.2 Å². The first-order valence-electron chi connectivity index (χ1n) is 9.18. The average molecular weight is 509 g/mol. The molecule has 1 saturated heterocycles. The lowest BCUT2D eigenvalue weighted by Gasteiger charge is -2.35. The summed E-state index contributed by atoms with van der Waals surface area (Å²) in [5.74, 6) is 1.58. The average Bonchev–Trinajstić information content (AvgIpc) is 2.62. The summed E-state index contributed by atoms with van der Waals surface area (Å²) in [6, 6.07) is 7.49. The number of primary amides is 1. The van der Waals surface area contributed by atoms with Crippen molar-refractivity contribution in [2.75, 3.05) is 26.7 Å². The maximum atomic E-state index is 11.2. The maximum Gasteiger partial charge on any atom is 0.217 e. The summed E-state index contributed by atoms with van der Waals surface area (Å²) >= 11 is 6.18. The summed E-state index contributed by atoms with van der Waals surface area (Å²) in [4.78, 5) is 17.8. The Morgan fingerprint density at radius 3 is 2.85 bits per heavy atom. The summed E-state index contributed by atoms with van der Waals surface area (Å²) in [5, 5.41) is 4.01. The van der Waals surface area contributed by atoms with E-state index in [1.807, 2.05) is 24.3 Å². The summed E-state index contributed by atoms with van der Waals surface area (Å²) in [6.45, 7) is 4.43. The Labute approximate surface area is 183 Å². The number of benzene rings is 1. The number of hydrogen-bond acceptors (Lipinski definition) is 3. The van der Waals surface area contributed by atoms with Gasteiger partial charge in [-0.2, -0.15) is 0 Å². The highest BCUT2D eigenvalue weighted by molar-refractivity contribution is 14.0. The minimum Gasteiger partial charge on any atom is -0.487 e. The predicted molar refractivity (Wildman–Crippen MR) is 121 cm³/mol. The Morgan fingerprint density at radius 1 is 1.48 bits per heavy atom. The molecule has 1 fully saturated rings. The zero-order valence-corrected chi connectivity index (χ0v) is 19.1. The number of carbonyl (C=O) groups excluding carboxylic acids is 1. The Hall–Kier alpha value is -1.22. The molecule has 1 aromatic carbocycles. The number of carbonyl (C=O) groups is 1. The van der Waals surface area contributed by atoms with Crippen LogP contribution in [0.25, 0.3) is 0 Å². The van der Waals surface area contributed by atoms with E-state index >= 15 is 0 Å². The second-order valence-corrected chi connectivity index (χ2v) is 7.04. The van der Waals surface area contributed by atoms with Crippen molar-refractivity contribution < 1.29 is 9.53 Å². The quantitative estimate of drug-likeness (QED) is 0.337. The summed E-state index contributed by atoms with van der Waals surface area (Å²) in [7, 11) is 1.77. The van der Waals surface area contributed by atoms with Crippen LogP contribution in [0.4, 0.5) is 0 Å². The molecule has 8 heteroatoms. The van der Waals surface area contributed by atoms with Crippen molar-refractivity contribution in [3.8, 4) is 5.75 Å². The fourth-order valence-corrected chi connectivity index (χ4v) is 3.42. The molecule has 0 bridgehead atoms. The molecular formula is C19H30ClIN4O2. The van der Waals surface area contributed by atoms with Crippen molar-refractivity contribution in [2.24, 2.45) is 16.6 Å². The molecule has 2 rings (SSSR count). The molecule has 2 unspecified atom stereocenters. The molecule has 1 heterocycles. The van der Waals surface area contributed by atoms with Crippen LogP contribution < -0.4 is 15.8 Å². The van der Waals surface area contributed by atoms with E-state index in [9.17, 15) is 4.79 Å². The van der Waals surface area contributed by atoms with Gasteiger partial charge in [0.1, 0.15) is 11.9 Å². The van der Waals surface area contributed by atoms with Gasteiger partial charge in [0.05, 0.1) is 11.6 Å². The third-order valence-electron chi connectivity index (χ3n) is 4.59. The Bertz CT molecular complexity index is 629. The number of halogens is 2. The van der Waals surface area contributed by atoms with Crippen molar-refractivity contribution in [1.29, 1.82) is 0 Å². The zero-order valence-electron chi connectivity index (χ0n) is 16.0. The molecule has 1 aliphatic rings. The number of nitrogens with one attached hydrogen (secondary N) is 1. The molecule has 1 aliphatic heterocycles. The molecule has 1 aromatic rings. The minimum absolute atomic E-state index is 0. The number of hydrogen-bond donors (Lipinski definition) is 2. The zero-order chi connectivity index (χ0) is 18.9. The van der Waals surface area contributed by atoms with Crippen molar-refractivity contribution in [3.63, 3.8) is 0 Å². The van der Waals surface area contributed by atoms with E-state index in [0.717, 1.165) is 38.3 Å². The third kappa shape index (κ3) is 7.73. The number of guanidine groups is 1. The fourth-order valence-electron chi connectivity index (χ4n) is 3.24. The number of nitrogens with zero attached hydrogens (tertiary/aromatic N) is 2. The first kappa shape index (κ1) is 23.8. The van der Waals surface area contributed by atoms with Crippen molar-refractivity contribution in [3.05, 3.63) is 29.3 Å². The lowest BCUT2D eigenvalue weighted by molar-refractivity contribution is -0.119. The molecule has 1 amide bonds. The lowest BCUT2D eigenvalue weighted by Crippen LogP contribution is -2.49. The first-order valence-corrected chi connectivity index (χ1v) is 9.56. The number of nitrogens with two attached hydrogens (primary N) is 1. The molecule has 2 atom stereocenters. The molecule has 152 valence electrons. The van der Waals surface area contributed by atoms with Crippen molar-refractivity contribution >= 4 is 47.4 Å². The largest absolute Gasteiger partial charge is 0.487 e. The smallest absolute Gasteiger partial charge is 0.217 e. The van der Waals surface area contributed by atoms with E-state index in [1.165, 1.54) is 0 Å². The van der Waals surface area contributed by atoms with Gasteiger partial charge in [0.15, 0.2) is 5.96 Å². The highest BCUT2D eigenvalue weighted by Gasteiger charge is 2.24. The molecule has 0 radical (unpaired) electrons. The molecule has 0 aliphatic carbocycles. The van der Waals surface area contributed by atoms with Gasteiger partial charge in [-0.15, -0.1) is 24.0 Å². The highest BCUT2D eigenvalue weighted by Crippen LogP contribution is 2.24. The maximum absolute atomic E-state index is 11.2. The lowest BCUT2D eigenvalue weighted by atomic mass is 9.95. The van der Waals surface area contributed by atoms with Gasteiger partial charge in [0.2, 0.25) is 5.91 Å². The van der Waals surface area contributed by atoms with Gasteiger partial charge in [-0.1, -0.05) is 30.7 Å². The van der Waals surface area contributed by atoms with Gasteiger partial charge in [-0.3, -0.25) is 9.79 Å². The van der Waals surface area contributed by atoms with E-state index in [1.54, 1.807) is 7.05 Å². The van der Waals surface area contributed by atoms with Gasteiger partial charge in [0, 0.05) is 26.6 Å². The molecule has 0 aromatic heterocycles. The van der Waals surface area contributed by atoms with Gasteiger partial charge in [-0.25, -0.2) is 0 Å². The molecular weight excluding hydrogens is 479 g/mol. The van der Waals surface area contributed by atoms with Gasteiger partial charge in [-0.05, 0) is 37.3 Å². The monoisotopic (exact) mass is 508 g/mol. The number of likely N-dealkylation sites (tertiary alicyclic amines) is 1. The standard InChI is InChI=1S/C19H29ClN4O2.HI/c1-3-15(26-17-9-5-4-8-16(17)20)12-23-19(22-2)24-10-6-7-14(13-24)11-18(21)25;/h4-5,8-9,14-15H,3,6-7,10-13H2,1-2H3,(H2,21,25)(H,22,23);1H. The third-order valence-corrected chi connectivity index (χ3v) is 4.91. The van der Waals surface area contributed by atoms with E-state index < -0.39 is 0 Å². The summed E-state index contributed by atoms with van der Waals surface area (Å²) < 4.78 is 6.02. The Balaban J connectivity index is 0.00000364. The van der Waals surface area contributed by atoms with Crippen LogP contribution in [0, 0.1) is 5.92 Å². The number of para-hydroxylation sites is 1. The number of rotatable bonds is 7. The SMILES string of the molecule is CCC(CNC(=NC)N1CCCC(CC(N)=O)C1)Oc1ccccc1Cl.I. The second kappa shape index (κ2) is 12.3. The van der Waals surface area contributed by atoms with Crippen LogP contribution in [0.1, 0.15) is 32.6 Å². The van der Waals surface area contributed by atoms with Gasteiger partial charge in [0.25, 0.3) is 0 Å². The molecule has 3 N–H and O–H groups in total. The van der Waals surface area contributed by atoms with E-state index in [4.69, 9.17) is 22.1 Å². The number of ether oxygens (including phenoxy) is 1. The predicted octanol–water partition coefficient (Wildman–Crippen LogP) is 3.28. The molecule has 27 heavy (non-hydrogen) atoms. The Morgan fingerprint density at radius 2 is 2.22 bits per heavy atom. The van der Waals surface area contributed by atoms with E-state index in [-0.39, 0.29) is 36.0 Å². The number of aliphatic imine (C=N–C) groups is 1. The Kier molecular flexibility index (Phi) is 10.8. The fraction of sp³-hybridized carbons (Fsp3) is 0.579. The van der Waals surface area contributed by atoms with Crippen LogP contribution in [-0.4, -0.2) is 49.6 Å². The van der Waals surface area contributed by atoms with Crippen LogP contribution in [0.2, 0.25) is 5.02 Å². The van der Waals surface area contributed by atoms with E-state index in [0.29, 0.717) is 29.7 Å². The van der Waals surface area contributed by atoms with Crippen LogP contribution in [0.3, 0.4) is 0 Å². The normalized spacial score (nSPS) is 18.4. The molecule has 0 spiro atoms. The van der Waals surface area contributed by atoms with Crippen LogP contribution in [-0.2, 0) is 4.79 Å². The van der Waals surface area contributed by atoms with Crippen molar-refractivity contribution in [2.45, 2.75) is 38.7 Å². The molecule has 0 saturated carbocycles. The van der Waals surface area contributed by atoms with Gasteiger partial charge < -0.3 is 20.7 Å². The first-order chi connectivity index (χ1) is 12.5. The van der Waals surface area contributed by atoms with E-state index in [2.05, 4.69) is 22.1 Å². The number of amides is 1. The van der Waals surface area contributed by atoms with Gasteiger partial charge >= 0.3 is 0 Å². The van der Waals surface area contributed by atoms with Crippen LogP contribution in [0.5, 0.6) is 5.75 Å². The van der Waals surface area contributed by atoms with Crippen LogP contribution >= 0.6 is 35.6 Å². The highest BCUT2D eigenvalue weighted by atomic mass is 127. The second-order valence-electron chi connectivity index (χ2n) is 6.63. The minimum atomic E-state index is -0.237.